The first-order chi connectivity index (χ1) is 7.31. The molecule has 0 radical (unpaired) electrons. The number of fused-ring (bicyclic) bond motifs is 1. The van der Waals surface area contributed by atoms with E-state index in [1.807, 2.05) is 0 Å². The fraction of sp³-hybridized carbons (Fsp3) is 0.571. The van der Waals surface area contributed by atoms with Crippen molar-refractivity contribution in [3.8, 4) is 0 Å². The van der Waals surface area contributed by atoms with Crippen molar-refractivity contribution >= 4 is 0 Å². The quantitative estimate of drug-likeness (QED) is 0.678. The normalized spacial score (nSPS) is 15.1. The summed E-state index contributed by atoms with van der Waals surface area (Å²) < 4.78 is 0. The van der Waals surface area contributed by atoms with Crippen LogP contribution in [0.15, 0.2) is 24.3 Å². The largest absolute Gasteiger partial charge is 0.299 e. The smallest absolute Gasteiger partial charge is 0.0236 e. The van der Waals surface area contributed by atoms with Gasteiger partial charge in [-0.25, -0.2) is 0 Å². The van der Waals surface area contributed by atoms with Gasteiger partial charge in [-0.1, -0.05) is 51.5 Å². The number of likely N-dealkylation sites (N-methyl/N-ethyl adjacent to an activating group) is 1. The number of nitrogens with zero attached hydrogens (tertiary/aromatic N) is 1. The van der Waals surface area contributed by atoms with Crippen molar-refractivity contribution in [1.29, 1.82) is 0 Å². The number of hydrogen-bond acceptors (Lipinski definition) is 1. The minimum Gasteiger partial charge on any atom is -0.299 e. The average molecular weight is 205 g/mol. The van der Waals surface area contributed by atoms with E-state index >= 15 is 0 Å². The predicted molar refractivity (Wildman–Crippen MR) is 67.1 cm³/mol. The van der Waals surface area contributed by atoms with E-state index in [0.717, 1.165) is 6.54 Å². The van der Waals surface area contributed by atoms with Crippen LogP contribution in [0.1, 0.15) is 38.3 Å². The lowest BCUT2D eigenvalue weighted by molar-refractivity contribution is 0.268. The average Bonchev–Trinajstić information content (AvgIpc) is 2.29. The molecule has 1 aliphatic heterocycles. The molecular formula is C14H23N. The van der Waals surface area contributed by atoms with Gasteiger partial charge in [-0.3, -0.25) is 4.90 Å². The Morgan fingerprint density at radius 2 is 1.67 bits per heavy atom. The van der Waals surface area contributed by atoms with Crippen LogP contribution in [-0.4, -0.2) is 18.0 Å². The molecule has 1 aromatic rings. The Morgan fingerprint density at radius 1 is 1.07 bits per heavy atom. The molecule has 0 spiro atoms. The minimum absolute atomic E-state index is 1.15. The summed E-state index contributed by atoms with van der Waals surface area (Å²) in [6.45, 7) is 10.0. The lowest BCUT2D eigenvalue weighted by Crippen LogP contribution is -2.29. The first-order valence-corrected chi connectivity index (χ1v) is 6.10. The molecule has 0 unspecified atom stereocenters. The summed E-state index contributed by atoms with van der Waals surface area (Å²) in [7, 11) is 0. The molecule has 15 heavy (non-hydrogen) atoms. The van der Waals surface area contributed by atoms with Crippen molar-refractivity contribution in [1.82, 2.24) is 4.90 Å². The second kappa shape index (κ2) is 6.62. The number of hydrogen-bond donors (Lipinski definition) is 0. The van der Waals surface area contributed by atoms with Crippen molar-refractivity contribution in [3.63, 3.8) is 0 Å². The highest BCUT2D eigenvalue weighted by Crippen LogP contribution is 2.17. The van der Waals surface area contributed by atoms with Gasteiger partial charge >= 0.3 is 0 Å². The van der Waals surface area contributed by atoms with E-state index < -0.39 is 0 Å². The zero-order chi connectivity index (χ0) is 11.1. The Kier molecular flexibility index (Phi) is 5.41. The Labute approximate surface area is 94.1 Å². The topological polar surface area (TPSA) is 3.24 Å². The maximum Gasteiger partial charge on any atom is 0.0236 e. The van der Waals surface area contributed by atoms with E-state index in [1.165, 1.54) is 31.5 Å². The molecule has 1 aromatic carbocycles. The summed E-state index contributed by atoms with van der Waals surface area (Å²) in [6.07, 6.45) is 2.48. The molecular weight excluding hydrogens is 182 g/mol. The van der Waals surface area contributed by atoms with Gasteiger partial charge in [-0.05, 0) is 24.1 Å². The van der Waals surface area contributed by atoms with Crippen molar-refractivity contribution in [2.24, 2.45) is 0 Å². The van der Waals surface area contributed by atoms with E-state index in [9.17, 15) is 0 Å². The summed E-state index contributed by atoms with van der Waals surface area (Å²) in [4.78, 5) is 2.49. The molecule has 0 amide bonds. The third-order valence-electron chi connectivity index (χ3n) is 2.66. The number of rotatable bonds is 1. The van der Waals surface area contributed by atoms with E-state index in [2.05, 4.69) is 49.9 Å². The van der Waals surface area contributed by atoms with Crippen LogP contribution in [-0.2, 0) is 13.0 Å². The zero-order valence-corrected chi connectivity index (χ0v) is 10.3. The summed E-state index contributed by atoms with van der Waals surface area (Å²) in [5.41, 5.74) is 3.06. The molecule has 1 heteroatoms. The highest BCUT2D eigenvalue weighted by atomic mass is 15.1. The Balaban J connectivity index is 0.000000337. The van der Waals surface area contributed by atoms with Crippen LogP contribution in [0.25, 0.3) is 0 Å². The second-order valence-electron chi connectivity index (χ2n) is 4.09. The lowest BCUT2D eigenvalue weighted by Gasteiger charge is -2.27. The standard InChI is InChI=1S/C11H15N.C3H8/c1-2-12-8-7-10-5-3-4-6-11(10)9-12;1-3-2/h3-6H,2,7-9H2,1H3;3H2,1-2H3. The molecule has 1 heterocycles. The zero-order valence-electron chi connectivity index (χ0n) is 10.3. The van der Waals surface area contributed by atoms with Crippen molar-refractivity contribution in [2.45, 2.75) is 40.2 Å². The lowest BCUT2D eigenvalue weighted by atomic mass is 10.0. The van der Waals surface area contributed by atoms with Gasteiger partial charge in [0.2, 0.25) is 0 Å². The molecule has 84 valence electrons. The fourth-order valence-corrected chi connectivity index (χ4v) is 1.82. The molecule has 0 aliphatic carbocycles. The SMILES string of the molecule is CCC.CCN1CCc2ccccc2C1. The van der Waals surface area contributed by atoms with Gasteiger partial charge < -0.3 is 0 Å². The van der Waals surface area contributed by atoms with Crippen molar-refractivity contribution in [2.75, 3.05) is 13.1 Å². The third-order valence-corrected chi connectivity index (χ3v) is 2.66. The molecule has 1 aliphatic rings. The molecule has 0 bridgehead atoms. The summed E-state index contributed by atoms with van der Waals surface area (Å²) in [5, 5.41) is 0. The molecule has 1 nitrogen and oxygen atoms in total. The molecule has 0 atom stereocenters. The van der Waals surface area contributed by atoms with E-state index in [1.54, 1.807) is 5.56 Å². The Morgan fingerprint density at radius 3 is 2.27 bits per heavy atom. The molecule has 0 saturated carbocycles. The van der Waals surface area contributed by atoms with Crippen molar-refractivity contribution in [3.05, 3.63) is 35.4 Å². The van der Waals surface area contributed by atoms with Crippen LogP contribution in [0.4, 0.5) is 0 Å². The maximum atomic E-state index is 2.49. The Hall–Kier alpha value is -0.820. The summed E-state index contributed by atoms with van der Waals surface area (Å²) >= 11 is 0. The van der Waals surface area contributed by atoms with Crippen molar-refractivity contribution < 1.29 is 0 Å². The summed E-state index contributed by atoms with van der Waals surface area (Å²) in [6, 6.07) is 8.78. The molecule has 2 rings (SSSR count). The molecule has 0 N–H and O–H groups in total. The van der Waals surface area contributed by atoms with Crippen LogP contribution in [0, 0.1) is 0 Å². The second-order valence-corrected chi connectivity index (χ2v) is 4.09. The van der Waals surface area contributed by atoms with Gasteiger partial charge in [0.25, 0.3) is 0 Å². The van der Waals surface area contributed by atoms with Gasteiger partial charge in [-0.15, -0.1) is 0 Å². The van der Waals surface area contributed by atoms with Gasteiger partial charge in [0.05, 0.1) is 0 Å². The van der Waals surface area contributed by atoms with E-state index in [-0.39, 0.29) is 0 Å². The highest BCUT2D eigenvalue weighted by molar-refractivity contribution is 5.28. The van der Waals surface area contributed by atoms with Crippen LogP contribution in [0.3, 0.4) is 0 Å². The molecule has 0 saturated heterocycles. The number of benzene rings is 1. The van der Waals surface area contributed by atoms with Gasteiger partial charge in [0.1, 0.15) is 0 Å². The third kappa shape index (κ3) is 3.67. The van der Waals surface area contributed by atoms with Gasteiger partial charge in [0.15, 0.2) is 0 Å². The molecule has 0 fully saturated rings. The van der Waals surface area contributed by atoms with E-state index in [4.69, 9.17) is 0 Å². The summed E-state index contributed by atoms with van der Waals surface area (Å²) in [5.74, 6) is 0. The first-order valence-electron chi connectivity index (χ1n) is 6.10. The van der Waals surface area contributed by atoms with Gasteiger partial charge in [-0.2, -0.15) is 0 Å². The molecule has 0 aromatic heterocycles. The van der Waals surface area contributed by atoms with E-state index in [0.29, 0.717) is 0 Å². The highest BCUT2D eigenvalue weighted by Gasteiger charge is 2.12. The van der Waals surface area contributed by atoms with Crippen LogP contribution in [0.5, 0.6) is 0 Å². The minimum atomic E-state index is 1.15. The first kappa shape index (κ1) is 12.3. The maximum absolute atomic E-state index is 2.49. The van der Waals surface area contributed by atoms with Gasteiger partial charge in [0, 0.05) is 13.1 Å². The van der Waals surface area contributed by atoms with Crippen LogP contribution < -0.4 is 0 Å². The fourth-order valence-electron chi connectivity index (χ4n) is 1.82. The Bertz CT molecular complexity index is 280. The predicted octanol–water partition coefficient (Wildman–Crippen LogP) is 3.48. The van der Waals surface area contributed by atoms with Crippen LogP contribution >= 0.6 is 0 Å². The van der Waals surface area contributed by atoms with Crippen LogP contribution in [0.2, 0.25) is 0 Å². The monoisotopic (exact) mass is 205 g/mol.